The van der Waals surface area contributed by atoms with E-state index >= 15 is 0 Å². The van der Waals surface area contributed by atoms with Gasteiger partial charge >= 0.3 is 0 Å². The van der Waals surface area contributed by atoms with Crippen LogP contribution in [0.2, 0.25) is 5.02 Å². The molecule has 1 fully saturated rings. The maximum Gasteiger partial charge on any atom is 0.227 e. The lowest BCUT2D eigenvalue weighted by Crippen LogP contribution is -2.38. The van der Waals surface area contributed by atoms with Gasteiger partial charge in [-0.05, 0) is 73.6 Å². The number of aromatic nitrogens is 1. The highest BCUT2D eigenvalue weighted by molar-refractivity contribution is 6.31. The average molecular weight is 431 g/mol. The van der Waals surface area contributed by atoms with Crippen LogP contribution in [0.25, 0.3) is 10.9 Å². The van der Waals surface area contributed by atoms with Crippen LogP contribution in [0, 0.1) is 17.2 Å². The predicted octanol–water partition coefficient (Wildman–Crippen LogP) is 5.10. The van der Waals surface area contributed by atoms with Crippen molar-refractivity contribution in [3.05, 3.63) is 64.3 Å². The summed E-state index contributed by atoms with van der Waals surface area (Å²) in [6.07, 6.45) is 6.55. The summed E-state index contributed by atoms with van der Waals surface area (Å²) in [5.74, 6) is 0.0486. The number of carbonyl (C=O) groups excluding carboxylic acids is 1. The van der Waals surface area contributed by atoms with Crippen LogP contribution in [0.1, 0.15) is 36.0 Å². The van der Waals surface area contributed by atoms with Crippen LogP contribution in [0.15, 0.2) is 42.6 Å². The van der Waals surface area contributed by atoms with E-state index in [-0.39, 0.29) is 11.8 Å². The molecule has 6 heteroatoms. The third kappa shape index (κ3) is 3.84. The van der Waals surface area contributed by atoms with Crippen LogP contribution in [0.5, 0.6) is 0 Å². The number of aryl methyl sites for hydroxylation is 2. The van der Waals surface area contributed by atoms with E-state index in [9.17, 15) is 10.1 Å². The molecule has 0 unspecified atom stereocenters. The lowest BCUT2D eigenvalue weighted by atomic mass is 9.94. The number of amides is 1. The van der Waals surface area contributed by atoms with E-state index in [2.05, 4.69) is 33.4 Å². The molecule has 2 aromatic carbocycles. The summed E-state index contributed by atoms with van der Waals surface area (Å²) in [6.45, 7) is 1.42. The molecule has 2 aliphatic rings. The van der Waals surface area contributed by atoms with Crippen molar-refractivity contribution < 1.29 is 4.79 Å². The molecule has 1 N–H and O–H groups in total. The Balaban J connectivity index is 1.31. The number of pyridine rings is 1. The van der Waals surface area contributed by atoms with Gasteiger partial charge in [0.2, 0.25) is 5.91 Å². The number of piperidine rings is 1. The maximum absolute atomic E-state index is 12.9. The van der Waals surface area contributed by atoms with Crippen LogP contribution < -0.4 is 10.2 Å². The first-order valence-corrected chi connectivity index (χ1v) is 11.2. The van der Waals surface area contributed by atoms with Gasteiger partial charge in [0.1, 0.15) is 6.07 Å². The van der Waals surface area contributed by atoms with E-state index < -0.39 is 0 Å². The summed E-state index contributed by atoms with van der Waals surface area (Å²) in [4.78, 5) is 19.5. The van der Waals surface area contributed by atoms with Crippen LogP contribution >= 0.6 is 11.6 Å². The highest BCUT2D eigenvalue weighted by Crippen LogP contribution is 2.34. The van der Waals surface area contributed by atoms with Gasteiger partial charge in [0, 0.05) is 41.3 Å². The molecular formula is C25H23ClN4O. The molecule has 156 valence electrons. The molecule has 1 aliphatic carbocycles. The molecule has 0 bridgehead atoms. The monoisotopic (exact) mass is 430 g/mol. The van der Waals surface area contributed by atoms with Crippen molar-refractivity contribution in [2.45, 2.75) is 32.1 Å². The van der Waals surface area contributed by atoms with Gasteiger partial charge in [0.25, 0.3) is 0 Å². The SMILES string of the molecule is N#Cc1cnc2ccc(Cl)cc2c1N1CCC(C(=O)Nc2ccc3c(c2)CCC3)CC1. The van der Waals surface area contributed by atoms with Gasteiger partial charge in [0.05, 0.1) is 16.8 Å². The minimum Gasteiger partial charge on any atom is -0.370 e. The zero-order valence-corrected chi connectivity index (χ0v) is 18.0. The molecule has 1 saturated heterocycles. The molecule has 1 aromatic heterocycles. The first kappa shape index (κ1) is 19.8. The third-order valence-electron chi connectivity index (χ3n) is 6.47. The topological polar surface area (TPSA) is 69.0 Å². The van der Waals surface area contributed by atoms with E-state index in [1.54, 1.807) is 6.20 Å². The van der Waals surface area contributed by atoms with Gasteiger partial charge in [-0.1, -0.05) is 17.7 Å². The average Bonchev–Trinajstić information content (AvgIpc) is 3.26. The summed E-state index contributed by atoms with van der Waals surface area (Å²) >= 11 is 6.22. The Labute approximate surface area is 186 Å². The fraction of sp³-hybridized carbons (Fsp3) is 0.320. The van der Waals surface area contributed by atoms with Crippen LogP contribution in [0.4, 0.5) is 11.4 Å². The summed E-state index contributed by atoms with van der Waals surface area (Å²) in [6, 6.07) is 14.1. The summed E-state index contributed by atoms with van der Waals surface area (Å²) in [7, 11) is 0. The second-order valence-electron chi connectivity index (χ2n) is 8.38. The number of rotatable bonds is 3. The van der Waals surface area contributed by atoms with Crippen molar-refractivity contribution in [1.82, 2.24) is 4.98 Å². The van der Waals surface area contributed by atoms with Gasteiger partial charge in [-0.3, -0.25) is 9.78 Å². The summed E-state index contributed by atoms with van der Waals surface area (Å²) < 4.78 is 0. The fourth-order valence-electron chi connectivity index (χ4n) is 4.83. The zero-order chi connectivity index (χ0) is 21.4. The van der Waals surface area contributed by atoms with Gasteiger partial charge in [-0.15, -0.1) is 0 Å². The number of hydrogen-bond donors (Lipinski definition) is 1. The van der Waals surface area contributed by atoms with Gasteiger partial charge in [-0.25, -0.2) is 0 Å². The summed E-state index contributed by atoms with van der Waals surface area (Å²) in [5.41, 5.74) is 5.89. The number of nitrogens with one attached hydrogen (secondary N) is 1. The van der Waals surface area contributed by atoms with Crippen molar-refractivity contribution >= 4 is 39.8 Å². The fourth-order valence-corrected chi connectivity index (χ4v) is 5.00. The standard InChI is InChI=1S/C25H23ClN4O/c26-20-5-7-23-22(13-20)24(19(14-27)15-28-23)30-10-8-17(9-11-30)25(31)29-21-6-4-16-2-1-3-18(16)12-21/h4-7,12-13,15,17H,1-3,8-11H2,(H,29,31). The number of carbonyl (C=O) groups is 1. The molecule has 0 saturated carbocycles. The molecule has 5 rings (SSSR count). The van der Waals surface area contributed by atoms with E-state index in [4.69, 9.17) is 11.6 Å². The maximum atomic E-state index is 12.9. The van der Waals surface area contributed by atoms with E-state index in [0.29, 0.717) is 23.7 Å². The first-order valence-electron chi connectivity index (χ1n) is 10.8. The second-order valence-corrected chi connectivity index (χ2v) is 8.82. The zero-order valence-electron chi connectivity index (χ0n) is 17.2. The molecule has 5 nitrogen and oxygen atoms in total. The van der Waals surface area contributed by atoms with Gasteiger partial charge in [0.15, 0.2) is 0 Å². The smallest absolute Gasteiger partial charge is 0.227 e. The van der Waals surface area contributed by atoms with Gasteiger partial charge < -0.3 is 10.2 Å². The molecule has 31 heavy (non-hydrogen) atoms. The van der Waals surface area contributed by atoms with Gasteiger partial charge in [-0.2, -0.15) is 5.26 Å². The highest BCUT2D eigenvalue weighted by atomic mass is 35.5. The molecule has 1 aliphatic heterocycles. The van der Waals surface area contributed by atoms with Crippen molar-refractivity contribution in [2.24, 2.45) is 5.92 Å². The molecular weight excluding hydrogens is 408 g/mol. The first-order chi connectivity index (χ1) is 15.1. The Bertz CT molecular complexity index is 1210. The van der Waals surface area contributed by atoms with Crippen molar-refractivity contribution in [1.29, 1.82) is 5.26 Å². The van der Waals surface area contributed by atoms with E-state index in [0.717, 1.165) is 48.0 Å². The normalized spacial score (nSPS) is 16.2. The molecule has 0 atom stereocenters. The summed E-state index contributed by atoms with van der Waals surface area (Å²) in [5, 5.41) is 14.3. The Morgan fingerprint density at radius 3 is 2.74 bits per heavy atom. The molecule has 0 radical (unpaired) electrons. The lowest BCUT2D eigenvalue weighted by Gasteiger charge is -2.34. The molecule has 3 aromatic rings. The Kier molecular flexibility index (Phi) is 5.25. The number of nitrogens with zero attached hydrogens (tertiary/aromatic N) is 3. The second kappa shape index (κ2) is 8.20. The van der Waals surface area contributed by atoms with Crippen LogP contribution in [0.3, 0.4) is 0 Å². The number of fused-ring (bicyclic) bond motifs is 2. The number of benzene rings is 2. The Hall–Kier alpha value is -3.10. The number of hydrogen-bond acceptors (Lipinski definition) is 4. The molecule has 1 amide bonds. The number of anilines is 2. The van der Waals surface area contributed by atoms with E-state index in [1.807, 2.05) is 24.3 Å². The van der Waals surface area contributed by atoms with Crippen molar-refractivity contribution in [3.8, 4) is 6.07 Å². The van der Waals surface area contributed by atoms with Crippen LogP contribution in [-0.4, -0.2) is 24.0 Å². The quantitative estimate of drug-likeness (QED) is 0.627. The molecule has 2 heterocycles. The Morgan fingerprint density at radius 2 is 1.94 bits per heavy atom. The van der Waals surface area contributed by atoms with E-state index in [1.165, 1.54) is 17.5 Å². The van der Waals surface area contributed by atoms with Crippen molar-refractivity contribution in [2.75, 3.05) is 23.3 Å². The Morgan fingerprint density at radius 1 is 1.13 bits per heavy atom. The largest absolute Gasteiger partial charge is 0.370 e. The highest BCUT2D eigenvalue weighted by Gasteiger charge is 2.27. The minimum atomic E-state index is -0.0354. The number of halogens is 1. The third-order valence-corrected chi connectivity index (χ3v) is 6.71. The number of nitriles is 1. The van der Waals surface area contributed by atoms with Crippen LogP contribution in [-0.2, 0) is 17.6 Å². The predicted molar refractivity (Wildman–Crippen MR) is 124 cm³/mol. The van der Waals surface area contributed by atoms with Crippen molar-refractivity contribution in [3.63, 3.8) is 0 Å². The molecule has 0 spiro atoms. The minimum absolute atomic E-state index is 0.0354. The lowest BCUT2D eigenvalue weighted by molar-refractivity contribution is -0.120.